The lowest BCUT2D eigenvalue weighted by Crippen LogP contribution is -2.30. The van der Waals surface area contributed by atoms with Gasteiger partial charge >= 0.3 is 0 Å². The van der Waals surface area contributed by atoms with E-state index in [0.717, 1.165) is 24.2 Å². The third-order valence-corrected chi connectivity index (χ3v) is 4.93. The lowest BCUT2D eigenvalue weighted by molar-refractivity contribution is 0.295. The minimum absolute atomic E-state index is 0.416. The first kappa shape index (κ1) is 15.9. The first-order valence-corrected chi connectivity index (χ1v) is 8.62. The Bertz CT molecular complexity index is 876. The third-order valence-electron chi connectivity index (χ3n) is 4.93. The van der Waals surface area contributed by atoms with Crippen LogP contribution in [0.2, 0.25) is 0 Å². The van der Waals surface area contributed by atoms with Crippen molar-refractivity contribution in [1.29, 1.82) is 0 Å². The summed E-state index contributed by atoms with van der Waals surface area (Å²) in [6, 6.07) is 21.6. The Morgan fingerprint density at radius 3 is 2.68 bits per heavy atom. The molecule has 3 aromatic rings. The molecule has 0 unspecified atom stereocenters. The Kier molecular flexibility index (Phi) is 4.24. The number of aromatic nitrogens is 1. The highest BCUT2D eigenvalue weighted by molar-refractivity contribution is 5.70. The molecule has 1 aliphatic rings. The predicted molar refractivity (Wildman–Crippen MR) is 101 cm³/mol. The van der Waals surface area contributed by atoms with E-state index < -0.39 is 0 Å². The van der Waals surface area contributed by atoms with Gasteiger partial charge in [-0.05, 0) is 47.5 Å². The number of methoxy groups -OCH3 is 1. The van der Waals surface area contributed by atoms with Crippen LogP contribution in [-0.4, -0.2) is 30.6 Å². The second-order valence-electron chi connectivity index (χ2n) is 6.63. The predicted octanol–water partition coefficient (Wildman–Crippen LogP) is 4.33. The summed E-state index contributed by atoms with van der Waals surface area (Å²) in [7, 11) is 3.86. The highest BCUT2D eigenvalue weighted by Gasteiger charge is 2.25. The van der Waals surface area contributed by atoms with Crippen LogP contribution in [0.5, 0.6) is 5.88 Å². The van der Waals surface area contributed by atoms with E-state index in [0.29, 0.717) is 11.8 Å². The summed E-state index contributed by atoms with van der Waals surface area (Å²) in [5.41, 5.74) is 6.38. The molecule has 0 fully saturated rings. The van der Waals surface area contributed by atoms with E-state index in [1.165, 1.54) is 16.7 Å². The van der Waals surface area contributed by atoms with Gasteiger partial charge in [0.05, 0.1) is 7.11 Å². The maximum atomic E-state index is 5.43. The molecule has 0 radical (unpaired) electrons. The van der Waals surface area contributed by atoms with E-state index in [4.69, 9.17) is 4.74 Å². The zero-order valence-electron chi connectivity index (χ0n) is 14.6. The summed E-state index contributed by atoms with van der Waals surface area (Å²) in [5, 5.41) is 0. The standard InChI is InChI=1S/C22H22N2O/c1-24-14-18-13-17(20-9-6-12-23-22(20)25-2)10-11-19(18)21(15-24)16-7-4-3-5-8-16/h3-13,21H,14-15H2,1-2H3/t21-/m1/s1. The number of benzene rings is 2. The Balaban J connectivity index is 1.78. The van der Waals surface area contributed by atoms with Crippen LogP contribution in [0.15, 0.2) is 66.9 Å². The topological polar surface area (TPSA) is 25.4 Å². The molecule has 0 aliphatic carbocycles. The molecule has 1 aliphatic heterocycles. The number of likely N-dealkylation sites (N-methyl/N-ethyl adjacent to an activating group) is 1. The zero-order chi connectivity index (χ0) is 17.2. The van der Waals surface area contributed by atoms with Crippen LogP contribution in [0.3, 0.4) is 0 Å². The SMILES string of the molecule is COc1ncccc1-c1ccc2c(c1)CN(C)C[C@@H]2c1ccccc1. The summed E-state index contributed by atoms with van der Waals surface area (Å²) in [5.74, 6) is 1.09. The molecule has 126 valence electrons. The molecule has 0 saturated carbocycles. The third kappa shape index (κ3) is 3.03. The van der Waals surface area contributed by atoms with E-state index in [2.05, 4.69) is 71.5 Å². The lowest BCUT2D eigenvalue weighted by atomic mass is 9.83. The van der Waals surface area contributed by atoms with Gasteiger partial charge in [-0.15, -0.1) is 0 Å². The van der Waals surface area contributed by atoms with E-state index >= 15 is 0 Å². The molecule has 25 heavy (non-hydrogen) atoms. The van der Waals surface area contributed by atoms with E-state index in [1.54, 1.807) is 13.3 Å². The maximum Gasteiger partial charge on any atom is 0.221 e. The number of ether oxygens (including phenoxy) is 1. The van der Waals surface area contributed by atoms with Gasteiger partial charge in [0.2, 0.25) is 5.88 Å². The maximum absolute atomic E-state index is 5.43. The van der Waals surface area contributed by atoms with Crippen LogP contribution in [0.1, 0.15) is 22.6 Å². The molecule has 3 nitrogen and oxygen atoms in total. The monoisotopic (exact) mass is 330 g/mol. The van der Waals surface area contributed by atoms with Gasteiger partial charge in [-0.25, -0.2) is 4.98 Å². The van der Waals surface area contributed by atoms with Crippen LogP contribution in [0.25, 0.3) is 11.1 Å². The lowest BCUT2D eigenvalue weighted by Gasteiger charge is -2.33. The normalized spacial score (nSPS) is 17.1. The molecule has 0 bridgehead atoms. The number of fused-ring (bicyclic) bond motifs is 1. The van der Waals surface area contributed by atoms with Crippen molar-refractivity contribution in [1.82, 2.24) is 9.88 Å². The number of pyridine rings is 1. The number of rotatable bonds is 3. The summed E-state index contributed by atoms with van der Waals surface area (Å²) in [6.07, 6.45) is 1.76. The van der Waals surface area contributed by atoms with Gasteiger partial charge in [-0.3, -0.25) is 0 Å². The van der Waals surface area contributed by atoms with Crippen molar-refractivity contribution in [3.63, 3.8) is 0 Å². The molecule has 0 spiro atoms. The van der Waals surface area contributed by atoms with Gasteiger partial charge in [0, 0.05) is 30.8 Å². The molecule has 0 N–H and O–H groups in total. The smallest absolute Gasteiger partial charge is 0.221 e. The number of nitrogens with zero attached hydrogens (tertiary/aromatic N) is 2. The van der Waals surface area contributed by atoms with Crippen LogP contribution < -0.4 is 4.74 Å². The summed E-state index contributed by atoms with van der Waals surface area (Å²) in [6.45, 7) is 2.02. The first-order valence-electron chi connectivity index (χ1n) is 8.62. The molecular weight excluding hydrogens is 308 g/mol. The van der Waals surface area contributed by atoms with Gasteiger partial charge in [-0.2, -0.15) is 0 Å². The van der Waals surface area contributed by atoms with Gasteiger partial charge in [-0.1, -0.05) is 42.5 Å². The van der Waals surface area contributed by atoms with Crippen LogP contribution in [-0.2, 0) is 6.54 Å². The fraction of sp³-hybridized carbons (Fsp3) is 0.227. The molecule has 0 saturated heterocycles. The van der Waals surface area contributed by atoms with Crippen LogP contribution in [0, 0.1) is 0 Å². The molecule has 0 amide bonds. The minimum Gasteiger partial charge on any atom is -0.481 e. The highest BCUT2D eigenvalue weighted by Crippen LogP contribution is 2.36. The molecule has 1 atom stereocenters. The highest BCUT2D eigenvalue weighted by atomic mass is 16.5. The second kappa shape index (κ2) is 6.69. The first-order chi connectivity index (χ1) is 12.3. The average molecular weight is 330 g/mol. The summed E-state index contributed by atoms with van der Waals surface area (Å²) in [4.78, 5) is 6.72. The Hall–Kier alpha value is -2.65. The molecule has 2 heterocycles. The van der Waals surface area contributed by atoms with Gasteiger partial charge in [0.1, 0.15) is 0 Å². The van der Waals surface area contributed by atoms with Crippen molar-refractivity contribution in [2.75, 3.05) is 20.7 Å². The second-order valence-corrected chi connectivity index (χ2v) is 6.63. The van der Waals surface area contributed by atoms with E-state index in [1.807, 2.05) is 6.07 Å². The van der Waals surface area contributed by atoms with Crippen LogP contribution in [0.4, 0.5) is 0 Å². The number of hydrogen-bond donors (Lipinski definition) is 0. The Labute approximate surface area is 148 Å². The quantitative estimate of drug-likeness (QED) is 0.714. The van der Waals surface area contributed by atoms with Crippen molar-refractivity contribution in [2.45, 2.75) is 12.5 Å². The van der Waals surface area contributed by atoms with Crippen molar-refractivity contribution in [2.24, 2.45) is 0 Å². The molecule has 4 rings (SSSR count). The molecular formula is C22H22N2O. The van der Waals surface area contributed by atoms with Crippen molar-refractivity contribution in [3.8, 4) is 17.0 Å². The van der Waals surface area contributed by atoms with Gasteiger partial charge in [0.15, 0.2) is 0 Å². The van der Waals surface area contributed by atoms with E-state index in [-0.39, 0.29) is 0 Å². The summed E-state index contributed by atoms with van der Waals surface area (Å²) >= 11 is 0. The van der Waals surface area contributed by atoms with Crippen molar-refractivity contribution < 1.29 is 4.74 Å². The largest absolute Gasteiger partial charge is 0.481 e. The Morgan fingerprint density at radius 2 is 1.88 bits per heavy atom. The van der Waals surface area contributed by atoms with Crippen molar-refractivity contribution in [3.05, 3.63) is 83.6 Å². The summed E-state index contributed by atoms with van der Waals surface area (Å²) < 4.78 is 5.43. The van der Waals surface area contributed by atoms with Crippen LogP contribution >= 0.6 is 0 Å². The molecule has 2 aromatic carbocycles. The molecule has 3 heteroatoms. The average Bonchev–Trinajstić information content (AvgIpc) is 2.67. The van der Waals surface area contributed by atoms with Gasteiger partial charge in [0.25, 0.3) is 0 Å². The molecule has 1 aromatic heterocycles. The van der Waals surface area contributed by atoms with Gasteiger partial charge < -0.3 is 9.64 Å². The minimum atomic E-state index is 0.416. The van der Waals surface area contributed by atoms with E-state index in [9.17, 15) is 0 Å². The van der Waals surface area contributed by atoms with Crippen molar-refractivity contribution >= 4 is 0 Å². The fourth-order valence-corrected chi connectivity index (χ4v) is 3.76. The fourth-order valence-electron chi connectivity index (χ4n) is 3.76. The Morgan fingerprint density at radius 1 is 1.04 bits per heavy atom. The number of hydrogen-bond acceptors (Lipinski definition) is 3. The zero-order valence-corrected chi connectivity index (χ0v) is 14.6.